The van der Waals surface area contributed by atoms with Gasteiger partial charge in [-0.25, -0.2) is 0 Å². The zero-order valence-electron chi connectivity index (χ0n) is 14.2. The van der Waals surface area contributed by atoms with Crippen LogP contribution in [0.15, 0.2) is 69.7 Å². The zero-order chi connectivity index (χ0) is 19.6. The Morgan fingerprint density at radius 1 is 1.00 bits per heavy atom. The van der Waals surface area contributed by atoms with Crippen molar-refractivity contribution >= 4 is 49.5 Å². The second-order valence-electron chi connectivity index (χ2n) is 5.83. The van der Waals surface area contributed by atoms with Crippen molar-refractivity contribution in [1.82, 2.24) is 0 Å². The molecule has 0 aliphatic rings. The predicted molar refractivity (Wildman–Crippen MR) is 103 cm³/mol. The van der Waals surface area contributed by atoms with E-state index >= 15 is 0 Å². The van der Waals surface area contributed by atoms with Gasteiger partial charge >= 0.3 is 0 Å². The van der Waals surface area contributed by atoms with Crippen molar-refractivity contribution in [3.63, 3.8) is 0 Å². The summed E-state index contributed by atoms with van der Waals surface area (Å²) in [4.78, 5) is 11.1. The van der Waals surface area contributed by atoms with Gasteiger partial charge in [0, 0.05) is 12.6 Å². The van der Waals surface area contributed by atoms with Gasteiger partial charge in [-0.1, -0.05) is 12.1 Å². The van der Waals surface area contributed by atoms with Crippen LogP contribution in [0, 0.1) is 0 Å². The highest BCUT2D eigenvalue weighted by molar-refractivity contribution is 7.85. The highest BCUT2D eigenvalue weighted by atomic mass is 32.2. The number of nitrogens with zero attached hydrogens (tertiary/aromatic N) is 2. The summed E-state index contributed by atoms with van der Waals surface area (Å²) < 4.78 is 31.6. The lowest BCUT2D eigenvalue weighted by atomic mass is 10.1. The maximum Gasteiger partial charge on any atom is 0.294 e. The van der Waals surface area contributed by atoms with Crippen LogP contribution in [0.1, 0.15) is 6.92 Å². The van der Waals surface area contributed by atoms with E-state index in [1.54, 1.807) is 42.5 Å². The number of rotatable bonds is 4. The van der Waals surface area contributed by atoms with Gasteiger partial charge in [0.05, 0.1) is 16.3 Å². The Morgan fingerprint density at radius 2 is 1.70 bits per heavy atom. The number of nitrogen functional groups attached to an aromatic ring is 1. The van der Waals surface area contributed by atoms with Gasteiger partial charge in [0.25, 0.3) is 10.1 Å². The van der Waals surface area contributed by atoms with Crippen molar-refractivity contribution in [3.05, 3.63) is 54.6 Å². The molecular weight excluding hydrogens is 368 g/mol. The van der Waals surface area contributed by atoms with Crippen molar-refractivity contribution < 1.29 is 17.8 Å². The highest BCUT2D eigenvalue weighted by Crippen LogP contribution is 2.30. The molecule has 8 nitrogen and oxygen atoms in total. The van der Waals surface area contributed by atoms with E-state index in [0.29, 0.717) is 28.1 Å². The molecule has 138 valence electrons. The Kier molecular flexibility index (Phi) is 4.89. The van der Waals surface area contributed by atoms with Crippen LogP contribution in [-0.4, -0.2) is 18.9 Å². The molecule has 3 rings (SSSR count). The number of fused-ring (bicyclic) bond motifs is 1. The average Bonchev–Trinajstić information content (AvgIpc) is 2.59. The summed E-state index contributed by atoms with van der Waals surface area (Å²) >= 11 is 0. The summed E-state index contributed by atoms with van der Waals surface area (Å²) in [5.74, 6) is -0.252. The summed E-state index contributed by atoms with van der Waals surface area (Å²) in [6, 6.07) is 14.2. The number of benzene rings is 3. The second-order valence-corrected chi connectivity index (χ2v) is 7.25. The first kappa shape index (κ1) is 18.5. The molecule has 0 heterocycles. The van der Waals surface area contributed by atoms with Crippen molar-refractivity contribution in [2.75, 3.05) is 11.1 Å². The molecule has 3 aromatic carbocycles. The number of nitrogens with two attached hydrogens (primary N) is 1. The minimum absolute atomic E-state index is 0.175. The van der Waals surface area contributed by atoms with Crippen LogP contribution in [0.25, 0.3) is 10.8 Å². The van der Waals surface area contributed by atoms with Gasteiger partial charge < -0.3 is 11.1 Å². The maximum absolute atomic E-state index is 11.3. The fourth-order valence-corrected chi connectivity index (χ4v) is 2.99. The van der Waals surface area contributed by atoms with E-state index in [1.165, 1.54) is 19.1 Å². The van der Waals surface area contributed by atoms with Crippen molar-refractivity contribution in [1.29, 1.82) is 0 Å². The summed E-state index contributed by atoms with van der Waals surface area (Å²) in [6.45, 7) is 1.38. The highest BCUT2D eigenvalue weighted by Gasteiger charge is 2.10. The van der Waals surface area contributed by atoms with Gasteiger partial charge in [-0.3, -0.25) is 9.35 Å². The van der Waals surface area contributed by atoms with Crippen LogP contribution in [0.5, 0.6) is 0 Å². The molecule has 0 spiro atoms. The molecule has 3 aromatic rings. The fourth-order valence-electron chi connectivity index (χ4n) is 2.48. The lowest BCUT2D eigenvalue weighted by Crippen LogP contribution is -2.06. The monoisotopic (exact) mass is 384 g/mol. The largest absolute Gasteiger partial charge is 0.399 e. The third kappa shape index (κ3) is 4.46. The minimum Gasteiger partial charge on any atom is -0.399 e. The van der Waals surface area contributed by atoms with Gasteiger partial charge in [0.2, 0.25) is 5.91 Å². The molecule has 0 aromatic heterocycles. The molecule has 27 heavy (non-hydrogen) atoms. The van der Waals surface area contributed by atoms with Crippen LogP contribution < -0.4 is 11.1 Å². The number of carbonyl (C=O) groups excluding carboxylic acids is 1. The molecule has 0 fully saturated rings. The standard InChI is InChI=1S/C18H16N4O4S/c1-11(23)20-18-10-14(19)4-7-17(18)22-21-15-5-2-13-9-16(27(24,25)26)6-3-12(13)8-15/h2-10H,19H2,1H3,(H,20,23)(H,24,25,26). The summed E-state index contributed by atoms with van der Waals surface area (Å²) in [6.07, 6.45) is 0. The Labute approximate surface area is 155 Å². The van der Waals surface area contributed by atoms with Crippen molar-refractivity contribution in [2.45, 2.75) is 11.8 Å². The molecule has 1 amide bonds. The molecule has 9 heteroatoms. The Balaban J connectivity index is 1.94. The van der Waals surface area contributed by atoms with Crippen molar-refractivity contribution in [3.8, 4) is 0 Å². The van der Waals surface area contributed by atoms with Gasteiger partial charge in [-0.2, -0.15) is 13.5 Å². The number of hydrogen-bond acceptors (Lipinski definition) is 6. The number of carbonyl (C=O) groups is 1. The van der Waals surface area contributed by atoms with Crippen LogP contribution in [-0.2, 0) is 14.9 Å². The number of azo groups is 1. The zero-order valence-corrected chi connectivity index (χ0v) is 15.1. The first-order valence-electron chi connectivity index (χ1n) is 7.82. The topological polar surface area (TPSA) is 134 Å². The van der Waals surface area contributed by atoms with E-state index < -0.39 is 10.1 Å². The second kappa shape index (κ2) is 7.14. The summed E-state index contributed by atoms with van der Waals surface area (Å²) in [5, 5.41) is 12.3. The number of nitrogens with one attached hydrogen (secondary N) is 1. The summed E-state index contributed by atoms with van der Waals surface area (Å²) in [5.41, 5.74) is 7.64. The van der Waals surface area contributed by atoms with Crippen LogP contribution in [0.2, 0.25) is 0 Å². The van der Waals surface area contributed by atoms with Gasteiger partial charge in [0.1, 0.15) is 5.69 Å². The summed E-state index contributed by atoms with van der Waals surface area (Å²) in [7, 11) is -4.26. The quantitative estimate of drug-likeness (QED) is 0.354. The average molecular weight is 384 g/mol. The minimum atomic E-state index is -4.26. The molecule has 0 saturated carbocycles. The lowest BCUT2D eigenvalue weighted by Gasteiger charge is -2.06. The molecule has 0 aliphatic carbocycles. The smallest absolute Gasteiger partial charge is 0.294 e. The van der Waals surface area contributed by atoms with Gasteiger partial charge in [0.15, 0.2) is 0 Å². The maximum atomic E-state index is 11.3. The molecule has 0 radical (unpaired) electrons. The molecule has 0 saturated heterocycles. The molecule has 4 N–H and O–H groups in total. The van der Waals surface area contributed by atoms with Crippen molar-refractivity contribution in [2.24, 2.45) is 10.2 Å². The third-order valence-electron chi connectivity index (χ3n) is 3.70. The normalized spacial score (nSPS) is 11.8. The van der Waals surface area contributed by atoms with Gasteiger partial charge in [-0.15, -0.1) is 5.11 Å². The molecule has 0 bridgehead atoms. The van der Waals surface area contributed by atoms with E-state index in [4.69, 9.17) is 10.3 Å². The van der Waals surface area contributed by atoms with Crippen LogP contribution >= 0.6 is 0 Å². The SMILES string of the molecule is CC(=O)Nc1cc(N)ccc1N=Nc1ccc2cc(S(=O)(=O)O)ccc2c1. The van der Waals surface area contributed by atoms with Crippen LogP contribution in [0.4, 0.5) is 22.7 Å². The molecule has 0 atom stereocenters. The number of amides is 1. The predicted octanol–water partition coefficient (Wildman–Crippen LogP) is 4.04. The van der Waals surface area contributed by atoms with E-state index in [1.807, 2.05) is 0 Å². The Bertz CT molecular complexity index is 1170. The van der Waals surface area contributed by atoms with Gasteiger partial charge in [-0.05, 0) is 53.2 Å². The first-order chi connectivity index (χ1) is 12.7. The molecule has 0 aliphatic heterocycles. The van der Waals surface area contributed by atoms with E-state index in [-0.39, 0.29) is 10.8 Å². The Morgan fingerprint density at radius 3 is 2.41 bits per heavy atom. The van der Waals surface area contributed by atoms with E-state index in [9.17, 15) is 13.2 Å². The molecule has 0 unspecified atom stereocenters. The number of anilines is 2. The Hall–Kier alpha value is -3.30. The first-order valence-corrected chi connectivity index (χ1v) is 9.26. The number of hydrogen-bond donors (Lipinski definition) is 3. The third-order valence-corrected chi connectivity index (χ3v) is 4.55. The molecular formula is C18H16N4O4S. The fraction of sp³-hybridized carbons (Fsp3) is 0.0556. The van der Waals surface area contributed by atoms with E-state index in [2.05, 4.69) is 15.5 Å². The van der Waals surface area contributed by atoms with Crippen LogP contribution in [0.3, 0.4) is 0 Å². The van der Waals surface area contributed by atoms with E-state index in [0.717, 1.165) is 5.39 Å². The lowest BCUT2D eigenvalue weighted by molar-refractivity contribution is -0.114.